The first-order valence-corrected chi connectivity index (χ1v) is 8.72. The summed E-state index contributed by atoms with van der Waals surface area (Å²) in [6, 6.07) is 5.95. The normalized spacial score (nSPS) is 15.6. The number of sulfonamides is 1. The highest BCUT2D eigenvalue weighted by atomic mass is 32.2. The summed E-state index contributed by atoms with van der Waals surface area (Å²) < 4.78 is 26.6. The van der Waals surface area contributed by atoms with Crippen molar-refractivity contribution in [3.05, 3.63) is 35.4 Å². The second-order valence-corrected chi connectivity index (χ2v) is 7.79. The van der Waals surface area contributed by atoms with E-state index in [1.165, 1.54) is 12.1 Å². The minimum atomic E-state index is -3.38. The van der Waals surface area contributed by atoms with Gasteiger partial charge < -0.3 is 5.11 Å². The Morgan fingerprint density at radius 2 is 1.86 bits per heavy atom. The van der Waals surface area contributed by atoms with E-state index < -0.39 is 16.0 Å². The van der Waals surface area contributed by atoms with Crippen molar-refractivity contribution in [1.82, 2.24) is 4.31 Å². The monoisotopic (exact) mass is 311 g/mol. The average Bonchev–Trinajstić information content (AvgIpc) is 3.19. The molecule has 1 aromatic rings. The highest BCUT2D eigenvalue weighted by molar-refractivity contribution is 7.88. The average molecular weight is 311 g/mol. The van der Waals surface area contributed by atoms with E-state index in [1.807, 2.05) is 13.8 Å². The maximum atomic E-state index is 12.5. The molecule has 0 bridgehead atoms. The molecule has 0 aromatic heterocycles. The zero-order chi connectivity index (χ0) is 15.6. The lowest BCUT2D eigenvalue weighted by molar-refractivity contribution is 0.0697. The van der Waals surface area contributed by atoms with E-state index in [2.05, 4.69) is 0 Å². The second-order valence-electron chi connectivity index (χ2n) is 5.87. The van der Waals surface area contributed by atoms with Crippen molar-refractivity contribution in [3.63, 3.8) is 0 Å². The minimum absolute atomic E-state index is 0.0612. The van der Waals surface area contributed by atoms with Crippen LogP contribution in [0, 0.1) is 5.92 Å². The summed E-state index contributed by atoms with van der Waals surface area (Å²) >= 11 is 0. The van der Waals surface area contributed by atoms with Crippen LogP contribution < -0.4 is 0 Å². The van der Waals surface area contributed by atoms with E-state index in [1.54, 1.807) is 16.4 Å². The third-order valence-corrected chi connectivity index (χ3v) is 5.60. The minimum Gasteiger partial charge on any atom is -0.478 e. The molecule has 0 amide bonds. The summed E-state index contributed by atoms with van der Waals surface area (Å²) in [5.41, 5.74) is 0.774. The molecule has 0 atom stereocenters. The largest absolute Gasteiger partial charge is 0.478 e. The number of carbonyl (C=O) groups is 1. The molecule has 1 aliphatic rings. The van der Waals surface area contributed by atoms with E-state index in [0.29, 0.717) is 18.0 Å². The second kappa shape index (κ2) is 6.15. The van der Waals surface area contributed by atoms with Crippen LogP contribution in [-0.2, 0) is 15.8 Å². The van der Waals surface area contributed by atoms with Crippen LogP contribution in [0.3, 0.4) is 0 Å². The van der Waals surface area contributed by atoms with Gasteiger partial charge in [-0.2, -0.15) is 4.31 Å². The molecule has 1 fully saturated rings. The van der Waals surface area contributed by atoms with E-state index in [9.17, 15) is 13.2 Å². The molecule has 0 heterocycles. The smallest absolute Gasteiger partial charge is 0.335 e. The van der Waals surface area contributed by atoms with E-state index in [4.69, 9.17) is 5.11 Å². The summed E-state index contributed by atoms with van der Waals surface area (Å²) in [7, 11) is -3.38. The van der Waals surface area contributed by atoms with Crippen molar-refractivity contribution < 1.29 is 18.3 Å². The third-order valence-electron chi connectivity index (χ3n) is 3.62. The molecule has 1 saturated carbocycles. The van der Waals surface area contributed by atoms with E-state index >= 15 is 0 Å². The van der Waals surface area contributed by atoms with Gasteiger partial charge in [0.1, 0.15) is 0 Å². The van der Waals surface area contributed by atoms with Crippen molar-refractivity contribution in [2.75, 3.05) is 6.54 Å². The van der Waals surface area contributed by atoms with Crippen LogP contribution in [-0.4, -0.2) is 36.4 Å². The van der Waals surface area contributed by atoms with Crippen LogP contribution in [0.5, 0.6) is 0 Å². The Hall–Kier alpha value is -1.40. The highest BCUT2D eigenvalue weighted by Crippen LogP contribution is 2.31. The number of nitrogens with zero attached hydrogens (tertiary/aromatic N) is 1. The first-order valence-electron chi connectivity index (χ1n) is 7.11. The molecule has 5 nitrogen and oxygen atoms in total. The van der Waals surface area contributed by atoms with Gasteiger partial charge in [0, 0.05) is 12.6 Å². The maximum Gasteiger partial charge on any atom is 0.335 e. The molecule has 0 unspecified atom stereocenters. The molecule has 0 saturated heterocycles. The van der Waals surface area contributed by atoms with Crippen LogP contribution in [0.15, 0.2) is 24.3 Å². The van der Waals surface area contributed by atoms with Gasteiger partial charge in [-0.3, -0.25) is 0 Å². The number of benzene rings is 1. The topological polar surface area (TPSA) is 74.7 Å². The molecule has 6 heteroatoms. The number of hydrogen-bond donors (Lipinski definition) is 1. The van der Waals surface area contributed by atoms with Crippen LogP contribution in [0.2, 0.25) is 0 Å². The predicted molar refractivity (Wildman–Crippen MR) is 80.6 cm³/mol. The van der Waals surface area contributed by atoms with Crippen molar-refractivity contribution in [3.8, 4) is 0 Å². The fraction of sp³-hybridized carbons (Fsp3) is 0.533. The fourth-order valence-corrected chi connectivity index (χ4v) is 4.10. The Bertz CT molecular complexity index is 603. The van der Waals surface area contributed by atoms with Gasteiger partial charge in [0.2, 0.25) is 10.0 Å². The van der Waals surface area contributed by atoms with Crippen molar-refractivity contribution in [1.29, 1.82) is 0 Å². The van der Waals surface area contributed by atoms with Crippen molar-refractivity contribution in [2.45, 2.75) is 38.5 Å². The van der Waals surface area contributed by atoms with Gasteiger partial charge >= 0.3 is 5.97 Å². The maximum absolute atomic E-state index is 12.5. The van der Waals surface area contributed by atoms with Gasteiger partial charge in [-0.05, 0) is 50.3 Å². The standard InChI is InChI=1S/C15H21NO4S/c1-11(2)16(9-12-3-4-12)21(19,20)10-13-5-7-14(8-6-13)15(17)18/h5-8,11-12H,3-4,9-10H2,1-2H3,(H,17,18). The van der Waals surface area contributed by atoms with Crippen molar-refractivity contribution >= 4 is 16.0 Å². The Labute approximate surface area is 125 Å². The zero-order valence-electron chi connectivity index (χ0n) is 12.3. The molecule has 0 radical (unpaired) electrons. The van der Waals surface area contributed by atoms with Gasteiger partial charge in [-0.15, -0.1) is 0 Å². The van der Waals surface area contributed by atoms with Gasteiger partial charge in [-0.1, -0.05) is 12.1 Å². The first kappa shape index (κ1) is 16.0. The molecule has 1 N–H and O–H groups in total. The van der Waals surface area contributed by atoms with Gasteiger partial charge in [0.15, 0.2) is 0 Å². The lowest BCUT2D eigenvalue weighted by Gasteiger charge is -2.26. The molecule has 0 spiro atoms. The summed E-state index contributed by atoms with van der Waals surface area (Å²) in [4.78, 5) is 10.8. The molecule has 21 heavy (non-hydrogen) atoms. The van der Waals surface area contributed by atoms with Gasteiger partial charge in [-0.25, -0.2) is 13.2 Å². The first-order chi connectivity index (χ1) is 9.79. The van der Waals surface area contributed by atoms with Gasteiger partial charge in [0.25, 0.3) is 0 Å². The SMILES string of the molecule is CC(C)N(CC1CC1)S(=O)(=O)Cc1ccc(C(=O)O)cc1. The summed E-state index contributed by atoms with van der Waals surface area (Å²) in [6.07, 6.45) is 2.21. The predicted octanol–water partition coefficient (Wildman–Crippen LogP) is 2.33. The Balaban J connectivity index is 2.12. The summed E-state index contributed by atoms with van der Waals surface area (Å²) in [6.45, 7) is 4.36. The van der Waals surface area contributed by atoms with Gasteiger partial charge in [0.05, 0.1) is 11.3 Å². The van der Waals surface area contributed by atoms with Crippen LogP contribution in [0.1, 0.15) is 42.6 Å². The number of rotatable bonds is 7. The Kier molecular flexibility index (Phi) is 4.68. The Morgan fingerprint density at radius 3 is 2.29 bits per heavy atom. The van der Waals surface area contributed by atoms with Crippen LogP contribution in [0.25, 0.3) is 0 Å². The quantitative estimate of drug-likeness (QED) is 0.838. The van der Waals surface area contributed by atoms with Crippen LogP contribution in [0.4, 0.5) is 0 Å². The molecule has 1 aromatic carbocycles. The molecular weight excluding hydrogens is 290 g/mol. The number of hydrogen-bond acceptors (Lipinski definition) is 3. The van der Waals surface area contributed by atoms with E-state index in [-0.39, 0.29) is 17.4 Å². The van der Waals surface area contributed by atoms with Crippen LogP contribution >= 0.6 is 0 Å². The molecule has 0 aliphatic heterocycles. The lowest BCUT2D eigenvalue weighted by atomic mass is 10.1. The number of carboxylic acids is 1. The molecular formula is C15H21NO4S. The van der Waals surface area contributed by atoms with E-state index in [0.717, 1.165) is 12.8 Å². The Morgan fingerprint density at radius 1 is 1.29 bits per heavy atom. The fourth-order valence-electron chi connectivity index (χ4n) is 2.24. The van der Waals surface area contributed by atoms with Crippen molar-refractivity contribution in [2.24, 2.45) is 5.92 Å². The highest BCUT2D eigenvalue weighted by Gasteiger charge is 2.32. The lowest BCUT2D eigenvalue weighted by Crippen LogP contribution is -2.39. The summed E-state index contributed by atoms with van der Waals surface area (Å²) in [5.74, 6) is -0.601. The molecule has 116 valence electrons. The third kappa shape index (κ3) is 4.28. The summed E-state index contributed by atoms with van der Waals surface area (Å²) in [5, 5.41) is 8.85. The zero-order valence-corrected chi connectivity index (χ0v) is 13.1. The molecule has 1 aliphatic carbocycles. The number of carboxylic acid groups (broad SMARTS) is 1. The molecule has 2 rings (SSSR count). The number of aromatic carboxylic acids is 1.